The summed E-state index contributed by atoms with van der Waals surface area (Å²) < 4.78 is 9.22. The number of aliphatic hydroxyl groups excluding tert-OH is 1. The van der Waals surface area contributed by atoms with Gasteiger partial charge in [-0.1, -0.05) is 44.9 Å². The van der Waals surface area contributed by atoms with Crippen LogP contribution in [0.15, 0.2) is 0 Å². The Kier molecular flexibility index (Phi) is 12.2. The second-order valence-corrected chi connectivity index (χ2v) is 4.94. The van der Waals surface area contributed by atoms with Crippen molar-refractivity contribution in [3.63, 3.8) is 0 Å². The number of hydrogen-bond donors (Lipinski definition) is 1. The Morgan fingerprint density at radius 3 is 1.60 bits per heavy atom. The molecular weight excluding hydrogens is 260 g/mol. The molecule has 20 heavy (non-hydrogen) atoms. The standard InChI is InChI=1S/C15H28O5/c1-19-14(17)13(15(18)20-2)11-9-7-5-3-4-6-8-10-12-16/h13,16H,3-12H2,1-2H3. The lowest BCUT2D eigenvalue weighted by Gasteiger charge is -2.11. The molecule has 0 aliphatic carbocycles. The zero-order valence-electron chi connectivity index (χ0n) is 12.7. The third-order valence-electron chi connectivity index (χ3n) is 3.37. The third kappa shape index (κ3) is 8.91. The van der Waals surface area contributed by atoms with Crippen LogP contribution >= 0.6 is 0 Å². The summed E-state index contributed by atoms with van der Waals surface area (Å²) >= 11 is 0. The van der Waals surface area contributed by atoms with E-state index in [0.717, 1.165) is 44.9 Å². The fourth-order valence-corrected chi connectivity index (χ4v) is 2.14. The predicted octanol–water partition coefficient (Wildman–Crippen LogP) is 2.45. The van der Waals surface area contributed by atoms with Gasteiger partial charge < -0.3 is 14.6 Å². The van der Waals surface area contributed by atoms with E-state index in [4.69, 9.17) is 5.11 Å². The number of unbranched alkanes of at least 4 members (excludes halogenated alkanes) is 7. The van der Waals surface area contributed by atoms with Gasteiger partial charge in [-0.15, -0.1) is 0 Å². The smallest absolute Gasteiger partial charge is 0.320 e. The van der Waals surface area contributed by atoms with Crippen molar-refractivity contribution >= 4 is 11.9 Å². The van der Waals surface area contributed by atoms with E-state index in [1.165, 1.54) is 20.6 Å². The zero-order valence-corrected chi connectivity index (χ0v) is 12.7. The van der Waals surface area contributed by atoms with Crippen molar-refractivity contribution in [1.82, 2.24) is 0 Å². The summed E-state index contributed by atoms with van der Waals surface area (Å²) in [6.07, 6.45) is 8.90. The van der Waals surface area contributed by atoms with Crippen LogP contribution in [0.1, 0.15) is 57.8 Å². The largest absolute Gasteiger partial charge is 0.468 e. The molecule has 0 aliphatic rings. The second-order valence-electron chi connectivity index (χ2n) is 4.94. The lowest BCUT2D eigenvalue weighted by atomic mass is 10.00. The molecule has 5 nitrogen and oxygen atoms in total. The predicted molar refractivity (Wildman–Crippen MR) is 76.2 cm³/mol. The summed E-state index contributed by atoms with van der Waals surface area (Å²) in [6.45, 7) is 0.280. The first-order valence-corrected chi connectivity index (χ1v) is 7.43. The van der Waals surface area contributed by atoms with Crippen LogP contribution in [0.4, 0.5) is 0 Å². The van der Waals surface area contributed by atoms with Crippen molar-refractivity contribution in [1.29, 1.82) is 0 Å². The van der Waals surface area contributed by atoms with E-state index in [1.807, 2.05) is 0 Å². The lowest BCUT2D eigenvalue weighted by molar-refractivity contribution is -0.159. The first kappa shape index (κ1) is 18.9. The normalized spacial score (nSPS) is 10.6. The van der Waals surface area contributed by atoms with E-state index in [1.54, 1.807) is 0 Å². The summed E-state index contributed by atoms with van der Waals surface area (Å²) in [4.78, 5) is 22.9. The van der Waals surface area contributed by atoms with E-state index in [9.17, 15) is 9.59 Å². The van der Waals surface area contributed by atoms with Gasteiger partial charge in [0.1, 0.15) is 0 Å². The number of carbonyl (C=O) groups excluding carboxylic acids is 2. The van der Waals surface area contributed by atoms with Crippen LogP contribution < -0.4 is 0 Å². The van der Waals surface area contributed by atoms with E-state index in [2.05, 4.69) is 9.47 Å². The Bertz CT molecular complexity index is 249. The molecule has 0 heterocycles. The Balaban J connectivity index is 3.64. The number of carbonyl (C=O) groups is 2. The van der Waals surface area contributed by atoms with Gasteiger partial charge >= 0.3 is 11.9 Å². The highest BCUT2D eigenvalue weighted by Crippen LogP contribution is 2.15. The maximum absolute atomic E-state index is 11.4. The van der Waals surface area contributed by atoms with Gasteiger partial charge in [-0.3, -0.25) is 9.59 Å². The minimum Gasteiger partial charge on any atom is -0.468 e. The molecule has 0 unspecified atom stereocenters. The summed E-state index contributed by atoms with van der Waals surface area (Å²) in [7, 11) is 2.56. The van der Waals surface area contributed by atoms with Gasteiger partial charge in [-0.25, -0.2) is 0 Å². The van der Waals surface area contributed by atoms with Gasteiger partial charge in [0.05, 0.1) is 14.2 Å². The van der Waals surface area contributed by atoms with E-state index < -0.39 is 17.9 Å². The molecule has 0 aromatic heterocycles. The minimum atomic E-state index is -0.783. The number of methoxy groups -OCH3 is 2. The van der Waals surface area contributed by atoms with Crippen LogP contribution in [0, 0.1) is 5.92 Å². The molecule has 0 saturated carbocycles. The van der Waals surface area contributed by atoms with Crippen molar-refractivity contribution in [2.24, 2.45) is 5.92 Å². The van der Waals surface area contributed by atoms with Gasteiger partial charge in [-0.05, 0) is 12.8 Å². The molecule has 0 saturated heterocycles. The zero-order chi connectivity index (χ0) is 15.2. The Morgan fingerprint density at radius 1 is 0.800 bits per heavy atom. The monoisotopic (exact) mass is 288 g/mol. The molecule has 5 heteroatoms. The van der Waals surface area contributed by atoms with Crippen molar-refractivity contribution in [2.45, 2.75) is 57.8 Å². The highest BCUT2D eigenvalue weighted by molar-refractivity contribution is 5.94. The summed E-state index contributed by atoms with van der Waals surface area (Å²) in [5.74, 6) is -1.81. The number of rotatable bonds is 12. The fourth-order valence-electron chi connectivity index (χ4n) is 2.14. The van der Waals surface area contributed by atoms with Gasteiger partial charge in [0, 0.05) is 6.61 Å². The Labute approximate surface area is 121 Å². The Hall–Kier alpha value is -1.10. The first-order chi connectivity index (χ1) is 9.67. The van der Waals surface area contributed by atoms with Gasteiger partial charge in [0.15, 0.2) is 5.92 Å². The molecule has 0 aromatic rings. The lowest BCUT2D eigenvalue weighted by Crippen LogP contribution is -2.26. The highest BCUT2D eigenvalue weighted by atomic mass is 16.5. The van der Waals surface area contributed by atoms with Crippen LogP contribution in [0.2, 0.25) is 0 Å². The number of esters is 2. The van der Waals surface area contributed by atoms with E-state index in [-0.39, 0.29) is 6.61 Å². The molecule has 0 atom stereocenters. The Morgan fingerprint density at radius 2 is 1.20 bits per heavy atom. The molecule has 0 amide bonds. The van der Waals surface area contributed by atoms with Crippen LogP contribution in [-0.4, -0.2) is 37.9 Å². The maximum Gasteiger partial charge on any atom is 0.320 e. The van der Waals surface area contributed by atoms with Crippen LogP contribution in [-0.2, 0) is 19.1 Å². The minimum absolute atomic E-state index is 0.280. The maximum atomic E-state index is 11.4. The SMILES string of the molecule is COC(=O)C(CCCCCCCCCCO)C(=O)OC. The topological polar surface area (TPSA) is 72.8 Å². The van der Waals surface area contributed by atoms with Gasteiger partial charge in [0.2, 0.25) is 0 Å². The number of hydrogen-bond acceptors (Lipinski definition) is 5. The molecule has 0 radical (unpaired) electrons. The third-order valence-corrected chi connectivity index (χ3v) is 3.37. The summed E-state index contributed by atoms with van der Waals surface area (Å²) in [5.41, 5.74) is 0. The van der Waals surface area contributed by atoms with Crippen molar-refractivity contribution in [3.05, 3.63) is 0 Å². The quantitative estimate of drug-likeness (QED) is 0.339. The molecule has 118 valence electrons. The number of aliphatic hydroxyl groups is 1. The van der Waals surface area contributed by atoms with Crippen molar-refractivity contribution in [3.8, 4) is 0 Å². The summed E-state index contributed by atoms with van der Waals surface area (Å²) in [5, 5.41) is 8.65. The molecule has 1 N–H and O–H groups in total. The van der Waals surface area contributed by atoms with Crippen LogP contribution in [0.3, 0.4) is 0 Å². The average molecular weight is 288 g/mol. The van der Waals surface area contributed by atoms with Crippen LogP contribution in [0.25, 0.3) is 0 Å². The van der Waals surface area contributed by atoms with Crippen molar-refractivity contribution < 1.29 is 24.2 Å². The molecular formula is C15H28O5. The number of ether oxygens (including phenoxy) is 2. The van der Waals surface area contributed by atoms with Crippen molar-refractivity contribution in [2.75, 3.05) is 20.8 Å². The van der Waals surface area contributed by atoms with Gasteiger partial charge in [0.25, 0.3) is 0 Å². The molecule has 0 fully saturated rings. The molecule has 0 bridgehead atoms. The molecule has 0 aromatic carbocycles. The van der Waals surface area contributed by atoms with Gasteiger partial charge in [-0.2, -0.15) is 0 Å². The van der Waals surface area contributed by atoms with E-state index >= 15 is 0 Å². The second kappa shape index (κ2) is 12.9. The molecule has 0 spiro atoms. The van der Waals surface area contributed by atoms with Crippen LogP contribution in [0.5, 0.6) is 0 Å². The highest BCUT2D eigenvalue weighted by Gasteiger charge is 2.27. The molecule has 0 aliphatic heterocycles. The molecule has 0 rings (SSSR count). The van der Waals surface area contributed by atoms with E-state index in [0.29, 0.717) is 6.42 Å². The first-order valence-electron chi connectivity index (χ1n) is 7.43. The fraction of sp³-hybridized carbons (Fsp3) is 0.867. The summed E-state index contributed by atoms with van der Waals surface area (Å²) in [6, 6.07) is 0. The average Bonchev–Trinajstić information content (AvgIpc) is 2.48.